The van der Waals surface area contributed by atoms with Gasteiger partial charge in [0, 0.05) is 13.1 Å². The summed E-state index contributed by atoms with van der Waals surface area (Å²) in [4.78, 5) is 17.0. The molecule has 0 saturated carbocycles. The number of hydrogen-bond donors (Lipinski definition) is 1. The molecule has 7 heteroatoms. The Morgan fingerprint density at radius 2 is 1.95 bits per heavy atom. The first-order valence-corrected chi connectivity index (χ1v) is 6.93. The van der Waals surface area contributed by atoms with Crippen molar-refractivity contribution in [1.82, 2.24) is 14.3 Å². The smallest absolute Gasteiger partial charge is 0.366 e. The maximum atomic E-state index is 10.8. The summed E-state index contributed by atoms with van der Waals surface area (Å²) < 4.78 is 10.1. The molecule has 0 amide bonds. The van der Waals surface area contributed by atoms with Crippen molar-refractivity contribution in [3.05, 3.63) is 10.8 Å². The van der Waals surface area contributed by atoms with E-state index in [1.54, 1.807) is 0 Å². The van der Waals surface area contributed by atoms with Crippen molar-refractivity contribution in [3.8, 4) is 0 Å². The first kappa shape index (κ1) is 14.4. The van der Waals surface area contributed by atoms with Crippen molar-refractivity contribution in [1.29, 1.82) is 0 Å². The Kier molecular flexibility index (Phi) is 3.63. The van der Waals surface area contributed by atoms with Crippen LogP contribution in [0.2, 0.25) is 0 Å². The normalized spacial score (nSPS) is 22.3. The zero-order valence-corrected chi connectivity index (χ0v) is 12.5. The molecule has 0 unspecified atom stereocenters. The summed E-state index contributed by atoms with van der Waals surface area (Å²) in [7, 11) is 0. The highest BCUT2D eigenvalue weighted by molar-refractivity contribution is 7.07. The number of morpholine rings is 1. The molecule has 1 saturated heterocycles. The van der Waals surface area contributed by atoms with Crippen LogP contribution < -0.4 is 0 Å². The molecule has 0 atom stereocenters. The summed E-state index contributed by atoms with van der Waals surface area (Å²) in [6.45, 7) is 10.3. The largest absolute Gasteiger partial charge is 0.476 e. The van der Waals surface area contributed by atoms with Gasteiger partial charge in [-0.05, 0) is 39.2 Å². The molecule has 0 aromatic carbocycles. The van der Waals surface area contributed by atoms with Crippen molar-refractivity contribution >= 4 is 17.5 Å². The molecule has 0 spiro atoms. The van der Waals surface area contributed by atoms with Crippen LogP contribution in [0.3, 0.4) is 0 Å². The van der Waals surface area contributed by atoms with Gasteiger partial charge in [0.15, 0.2) is 5.82 Å². The van der Waals surface area contributed by atoms with Crippen LogP contribution in [0.4, 0.5) is 0 Å². The average molecular weight is 285 g/mol. The van der Waals surface area contributed by atoms with Crippen molar-refractivity contribution in [3.63, 3.8) is 0 Å². The second kappa shape index (κ2) is 4.81. The van der Waals surface area contributed by atoms with E-state index in [9.17, 15) is 4.79 Å². The van der Waals surface area contributed by atoms with E-state index in [0.29, 0.717) is 12.4 Å². The van der Waals surface area contributed by atoms with Crippen LogP contribution >= 0.6 is 11.5 Å². The van der Waals surface area contributed by atoms with Crippen LogP contribution in [0, 0.1) is 0 Å². The van der Waals surface area contributed by atoms with E-state index < -0.39 is 5.97 Å². The third-order valence-corrected chi connectivity index (χ3v) is 3.52. The van der Waals surface area contributed by atoms with Crippen LogP contribution in [0.5, 0.6) is 0 Å². The summed E-state index contributed by atoms with van der Waals surface area (Å²) in [6.07, 6.45) is 0. The van der Waals surface area contributed by atoms with E-state index in [-0.39, 0.29) is 16.2 Å². The fourth-order valence-corrected chi connectivity index (χ4v) is 3.18. The number of carboxylic acids is 1. The molecule has 0 aliphatic carbocycles. The Labute approximate surface area is 116 Å². The van der Waals surface area contributed by atoms with Gasteiger partial charge in [-0.2, -0.15) is 4.37 Å². The van der Waals surface area contributed by atoms with Crippen molar-refractivity contribution in [2.75, 3.05) is 13.1 Å². The molecule has 1 aromatic heterocycles. The van der Waals surface area contributed by atoms with Crippen LogP contribution in [-0.2, 0) is 11.3 Å². The predicted molar refractivity (Wildman–Crippen MR) is 71.4 cm³/mol. The molecular weight excluding hydrogens is 266 g/mol. The SMILES string of the molecule is CC1(C)CN(Cc2nsc(C(=O)O)n2)CC(C)(C)O1. The maximum Gasteiger partial charge on any atom is 0.366 e. The van der Waals surface area contributed by atoms with Gasteiger partial charge in [0.1, 0.15) is 0 Å². The minimum Gasteiger partial charge on any atom is -0.476 e. The Morgan fingerprint density at radius 1 is 1.37 bits per heavy atom. The van der Waals surface area contributed by atoms with E-state index in [1.807, 2.05) is 0 Å². The molecule has 1 aliphatic heterocycles. The average Bonchev–Trinajstić information content (AvgIpc) is 2.60. The number of hydrogen-bond acceptors (Lipinski definition) is 6. The number of aromatic carboxylic acids is 1. The summed E-state index contributed by atoms with van der Waals surface area (Å²) in [5.41, 5.74) is -0.458. The van der Waals surface area contributed by atoms with Crippen LogP contribution in [0.25, 0.3) is 0 Å². The quantitative estimate of drug-likeness (QED) is 0.909. The van der Waals surface area contributed by atoms with Gasteiger partial charge in [-0.25, -0.2) is 9.78 Å². The lowest BCUT2D eigenvalue weighted by molar-refractivity contribution is -0.182. The van der Waals surface area contributed by atoms with E-state index in [4.69, 9.17) is 9.84 Å². The molecule has 106 valence electrons. The highest BCUT2D eigenvalue weighted by atomic mass is 32.1. The lowest BCUT2D eigenvalue weighted by Gasteiger charge is -2.46. The molecule has 1 aliphatic rings. The monoisotopic (exact) mass is 285 g/mol. The van der Waals surface area contributed by atoms with Gasteiger partial charge in [-0.1, -0.05) is 0 Å². The Morgan fingerprint density at radius 3 is 2.42 bits per heavy atom. The van der Waals surface area contributed by atoms with E-state index >= 15 is 0 Å². The van der Waals surface area contributed by atoms with Gasteiger partial charge < -0.3 is 9.84 Å². The first-order chi connectivity index (χ1) is 8.67. The van der Waals surface area contributed by atoms with Crippen LogP contribution in [0.1, 0.15) is 43.3 Å². The second-order valence-corrected chi connectivity index (χ2v) is 6.84. The predicted octanol–water partition coefficient (Wildman–Crippen LogP) is 1.63. The zero-order valence-electron chi connectivity index (χ0n) is 11.6. The van der Waals surface area contributed by atoms with Crippen molar-refractivity contribution in [2.45, 2.75) is 45.4 Å². The molecule has 2 rings (SSSR count). The minimum atomic E-state index is -1.02. The summed E-state index contributed by atoms with van der Waals surface area (Å²) in [5, 5.41) is 8.89. The summed E-state index contributed by atoms with van der Waals surface area (Å²) in [5.74, 6) is -0.456. The molecule has 6 nitrogen and oxygen atoms in total. The molecular formula is C12H19N3O3S. The summed E-state index contributed by atoms with van der Waals surface area (Å²) in [6, 6.07) is 0. The molecule has 1 aromatic rings. The third kappa shape index (κ3) is 3.71. The fourth-order valence-electron chi connectivity index (χ4n) is 2.66. The maximum absolute atomic E-state index is 10.8. The van der Waals surface area contributed by atoms with Gasteiger partial charge in [0.25, 0.3) is 0 Å². The lowest BCUT2D eigenvalue weighted by Crippen LogP contribution is -2.56. The van der Waals surface area contributed by atoms with E-state index in [2.05, 4.69) is 42.0 Å². The van der Waals surface area contributed by atoms with Crippen molar-refractivity contribution < 1.29 is 14.6 Å². The highest BCUT2D eigenvalue weighted by Crippen LogP contribution is 2.28. The molecule has 0 radical (unpaired) electrons. The van der Waals surface area contributed by atoms with Crippen LogP contribution in [-0.4, -0.2) is 49.6 Å². The molecule has 0 bridgehead atoms. The number of aromatic nitrogens is 2. The molecule has 19 heavy (non-hydrogen) atoms. The zero-order chi connectivity index (χ0) is 14.3. The van der Waals surface area contributed by atoms with Gasteiger partial charge in [-0.3, -0.25) is 4.90 Å². The van der Waals surface area contributed by atoms with Gasteiger partial charge >= 0.3 is 5.97 Å². The van der Waals surface area contributed by atoms with Crippen LogP contribution in [0.15, 0.2) is 0 Å². The van der Waals surface area contributed by atoms with E-state index in [0.717, 1.165) is 24.6 Å². The Balaban J connectivity index is 2.07. The Hall–Kier alpha value is -1.05. The topological polar surface area (TPSA) is 75.6 Å². The van der Waals surface area contributed by atoms with E-state index in [1.165, 1.54) is 0 Å². The Bertz CT molecular complexity index is 468. The summed E-state index contributed by atoms with van der Waals surface area (Å²) >= 11 is 0.927. The fraction of sp³-hybridized carbons (Fsp3) is 0.750. The molecule has 1 fully saturated rings. The standard InChI is InChI=1S/C12H19N3O3S/c1-11(2)6-15(7-12(3,4)18-11)5-8-13-9(10(16)17)19-14-8/h5-7H2,1-4H3,(H,16,17). The highest BCUT2D eigenvalue weighted by Gasteiger charge is 2.38. The first-order valence-electron chi connectivity index (χ1n) is 6.15. The molecule has 1 N–H and O–H groups in total. The van der Waals surface area contributed by atoms with Gasteiger partial charge in [0.2, 0.25) is 5.01 Å². The lowest BCUT2D eigenvalue weighted by atomic mass is 9.99. The molecule has 2 heterocycles. The number of rotatable bonds is 3. The third-order valence-electron chi connectivity index (χ3n) is 2.78. The number of ether oxygens (including phenoxy) is 1. The second-order valence-electron chi connectivity index (χ2n) is 6.09. The minimum absolute atomic E-state index is 0.0433. The van der Waals surface area contributed by atoms with Crippen molar-refractivity contribution in [2.24, 2.45) is 0 Å². The number of nitrogens with zero attached hydrogens (tertiary/aromatic N) is 3. The van der Waals surface area contributed by atoms with Gasteiger partial charge in [-0.15, -0.1) is 0 Å². The number of carbonyl (C=O) groups is 1. The number of carboxylic acid groups (broad SMARTS) is 1. The van der Waals surface area contributed by atoms with Gasteiger partial charge in [0.05, 0.1) is 17.7 Å².